The largest absolute Gasteiger partial charge is 0.496 e. The molecule has 160 valence electrons. The van der Waals surface area contributed by atoms with Gasteiger partial charge in [0.05, 0.1) is 7.11 Å². The fourth-order valence-corrected chi connectivity index (χ4v) is 4.36. The molecule has 0 unspecified atom stereocenters. The average molecular weight is 431 g/mol. The van der Waals surface area contributed by atoms with Crippen LogP contribution in [0.5, 0.6) is 17.2 Å². The molecule has 6 nitrogen and oxygen atoms in total. The molecule has 0 saturated carbocycles. The third-order valence-electron chi connectivity index (χ3n) is 5.78. The van der Waals surface area contributed by atoms with E-state index < -0.39 is 0 Å². The minimum Gasteiger partial charge on any atom is -0.496 e. The van der Waals surface area contributed by atoms with E-state index in [2.05, 4.69) is 11.4 Å². The minimum atomic E-state index is 0.239. The smallest absolute Gasteiger partial charge is 0.231 e. The lowest BCUT2D eigenvalue weighted by atomic mass is 10.1. The number of benzene rings is 2. The Morgan fingerprint density at radius 3 is 2.83 bits per heavy atom. The molecule has 0 aliphatic carbocycles. The summed E-state index contributed by atoms with van der Waals surface area (Å²) in [5, 5.41) is 4.12. The van der Waals surface area contributed by atoms with Crippen LogP contribution in [0.15, 0.2) is 36.4 Å². The van der Waals surface area contributed by atoms with Crippen LogP contribution in [0.4, 0.5) is 0 Å². The number of carbonyl (C=O) groups excluding carboxylic acids is 1. The van der Waals surface area contributed by atoms with E-state index in [9.17, 15) is 4.79 Å². The van der Waals surface area contributed by atoms with Gasteiger partial charge in [-0.05, 0) is 49.1 Å². The Bertz CT molecular complexity index is 905. The lowest BCUT2D eigenvalue weighted by molar-refractivity contribution is -0.129. The predicted octanol–water partition coefficient (Wildman–Crippen LogP) is 3.79. The van der Waals surface area contributed by atoms with Gasteiger partial charge in [0, 0.05) is 36.6 Å². The van der Waals surface area contributed by atoms with Crippen molar-refractivity contribution in [2.45, 2.75) is 38.3 Å². The van der Waals surface area contributed by atoms with Crippen molar-refractivity contribution in [3.8, 4) is 17.2 Å². The van der Waals surface area contributed by atoms with Gasteiger partial charge in [-0.15, -0.1) is 0 Å². The maximum Gasteiger partial charge on any atom is 0.231 e. The number of halogens is 1. The Balaban J connectivity index is 1.27. The molecule has 0 radical (unpaired) electrons. The van der Waals surface area contributed by atoms with Crippen LogP contribution in [-0.4, -0.2) is 43.8 Å². The van der Waals surface area contributed by atoms with Crippen molar-refractivity contribution in [1.82, 2.24) is 10.2 Å². The van der Waals surface area contributed by atoms with Crippen molar-refractivity contribution in [1.29, 1.82) is 0 Å². The number of ether oxygens (including phenoxy) is 3. The van der Waals surface area contributed by atoms with Gasteiger partial charge >= 0.3 is 0 Å². The molecule has 30 heavy (non-hydrogen) atoms. The molecule has 7 heteroatoms. The van der Waals surface area contributed by atoms with Gasteiger partial charge in [0.2, 0.25) is 12.7 Å². The molecule has 2 aliphatic rings. The fraction of sp³-hybridized carbons (Fsp3) is 0.435. The SMILES string of the molecule is COc1ccccc1CCN1C(=O)CC[C@@H]1CCNCc1cc2c(cc1Cl)OCO2. The maximum atomic E-state index is 12.4. The lowest BCUT2D eigenvalue weighted by Gasteiger charge is -2.25. The summed E-state index contributed by atoms with van der Waals surface area (Å²) in [6.07, 6.45) is 3.26. The quantitative estimate of drug-likeness (QED) is 0.613. The van der Waals surface area contributed by atoms with Crippen LogP contribution in [0.25, 0.3) is 0 Å². The van der Waals surface area contributed by atoms with Crippen LogP contribution in [0, 0.1) is 0 Å². The summed E-state index contributed by atoms with van der Waals surface area (Å²) in [6.45, 7) is 2.42. The zero-order valence-corrected chi connectivity index (χ0v) is 17.9. The van der Waals surface area contributed by atoms with Crippen LogP contribution in [0.1, 0.15) is 30.4 Å². The van der Waals surface area contributed by atoms with E-state index in [1.165, 1.54) is 0 Å². The lowest BCUT2D eigenvalue weighted by Crippen LogP contribution is -2.36. The van der Waals surface area contributed by atoms with Gasteiger partial charge in [-0.1, -0.05) is 29.8 Å². The number of hydrogen-bond donors (Lipinski definition) is 1. The number of nitrogens with one attached hydrogen (secondary N) is 1. The molecular weight excluding hydrogens is 404 g/mol. The molecule has 2 aliphatic heterocycles. The minimum absolute atomic E-state index is 0.239. The van der Waals surface area contributed by atoms with Gasteiger partial charge in [0.25, 0.3) is 0 Å². The average Bonchev–Trinajstić information content (AvgIpc) is 3.35. The van der Waals surface area contributed by atoms with Gasteiger partial charge in [-0.2, -0.15) is 0 Å². The highest BCUT2D eigenvalue weighted by Gasteiger charge is 2.30. The predicted molar refractivity (Wildman–Crippen MR) is 115 cm³/mol. The van der Waals surface area contributed by atoms with Crippen LogP contribution >= 0.6 is 11.6 Å². The molecule has 2 heterocycles. The summed E-state index contributed by atoms with van der Waals surface area (Å²) < 4.78 is 16.2. The zero-order chi connectivity index (χ0) is 20.9. The van der Waals surface area contributed by atoms with E-state index in [1.807, 2.05) is 29.2 Å². The van der Waals surface area contributed by atoms with Crippen molar-refractivity contribution in [3.63, 3.8) is 0 Å². The number of carbonyl (C=O) groups is 1. The zero-order valence-electron chi connectivity index (χ0n) is 17.2. The first-order valence-electron chi connectivity index (χ1n) is 10.4. The highest BCUT2D eigenvalue weighted by atomic mass is 35.5. The number of amides is 1. The highest BCUT2D eigenvalue weighted by Crippen LogP contribution is 2.36. The molecule has 1 fully saturated rings. The standard InChI is InChI=1S/C23H27ClN2O4/c1-28-20-5-3-2-4-16(20)9-11-26-18(6-7-23(26)27)8-10-25-14-17-12-21-22(13-19(17)24)30-15-29-21/h2-5,12-13,18,25H,6-11,14-15H2,1H3/t18-/m1/s1. The Labute approximate surface area is 182 Å². The van der Waals surface area contributed by atoms with E-state index in [0.717, 1.165) is 55.0 Å². The molecule has 2 aromatic rings. The molecule has 1 amide bonds. The van der Waals surface area contributed by atoms with Gasteiger partial charge in [-0.3, -0.25) is 4.79 Å². The Kier molecular flexibility index (Phi) is 6.65. The van der Waals surface area contributed by atoms with Crippen molar-refractivity contribution < 1.29 is 19.0 Å². The molecule has 4 rings (SSSR count). The second-order valence-corrected chi connectivity index (χ2v) is 8.01. The van der Waals surface area contributed by atoms with E-state index in [4.69, 9.17) is 25.8 Å². The summed E-state index contributed by atoms with van der Waals surface area (Å²) in [4.78, 5) is 14.4. The number of nitrogens with zero attached hydrogens (tertiary/aromatic N) is 1. The van der Waals surface area contributed by atoms with E-state index in [1.54, 1.807) is 13.2 Å². The summed E-state index contributed by atoms with van der Waals surface area (Å²) >= 11 is 6.34. The Hall–Kier alpha value is -2.44. The molecule has 1 atom stereocenters. The first-order chi connectivity index (χ1) is 14.7. The second-order valence-electron chi connectivity index (χ2n) is 7.60. The van der Waals surface area contributed by atoms with Crippen LogP contribution in [-0.2, 0) is 17.8 Å². The van der Waals surface area contributed by atoms with Gasteiger partial charge in [0.15, 0.2) is 11.5 Å². The van der Waals surface area contributed by atoms with Crippen molar-refractivity contribution in [2.24, 2.45) is 0 Å². The van der Waals surface area contributed by atoms with Gasteiger partial charge < -0.3 is 24.4 Å². The number of fused-ring (bicyclic) bond motifs is 1. The fourth-order valence-electron chi connectivity index (χ4n) is 4.14. The number of likely N-dealkylation sites (tertiary alicyclic amines) is 1. The third kappa shape index (κ3) is 4.65. The monoisotopic (exact) mass is 430 g/mol. The van der Waals surface area contributed by atoms with Crippen LogP contribution in [0.2, 0.25) is 5.02 Å². The number of methoxy groups -OCH3 is 1. The molecule has 0 spiro atoms. The molecule has 0 bridgehead atoms. The number of hydrogen-bond acceptors (Lipinski definition) is 5. The van der Waals surface area contributed by atoms with Crippen molar-refractivity contribution in [3.05, 3.63) is 52.5 Å². The van der Waals surface area contributed by atoms with Crippen molar-refractivity contribution >= 4 is 17.5 Å². The maximum absolute atomic E-state index is 12.4. The third-order valence-corrected chi connectivity index (χ3v) is 6.13. The topological polar surface area (TPSA) is 60.0 Å². The molecule has 1 N–H and O–H groups in total. The van der Waals surface area contributed by atoms with E-state index in [-0.39, 0.29) is 18.7 Å². The number of rotatable bonds is 9. The Morgan fingerprint density at radius 1 is 1.20 bits per heavy atom. The summed E-state index contributed by atoms with van der Waals surface area (Å²) in [6, 6.07) is 12.0. The van der Waals surface area contributed by atoms with Gasteiger partial charge in [-0.25, -0.2) is 0 Å². The summed E-state index contributed by atoms with van der Waals surface area (Å²) in [5.41, 5.74) is 2.12. The molecular formula is C23H27ClN2O4. The van der Waals surface area contributed by atoms with E-state index >= 15 is 0 Å². The van der Waals surface area contributed by atoms with Crippen molar-refractivity contribution in [2.75, 3.05) is 27.0 Å². The van der Waals surface area contributed by atoms with Gasteiger partial charge in [0.1, 0.15) is 5.75 Å². The first-order valence-corrected chi connectivity index (χ1v) is 10.7. The summed E-state index contributed by atoms with van der Waals surface area (Å²) in [7, 11) is 1.68. The number of para-hydroxylation sites is 1. The Morgan fingerprint density at radius 2 is 2.00 bits per heavy atom. The summed E-state index contributed by atoms with van der Waals surface area (Å²) in [5.74, 6) is 2.55. The first kappa shape index (κ1) is 20.8. The molecule has 1 saturated heterocycles. The normalized spacial score (nSPS) is 17.6. The van der Waals surface area contributed by atoms with Crippen LogP contribution < -0.4 is 19.5 Å². The van der Waals surface area contributed by atoms with Crippen LogP contribution in [0.3, 0.4) is 0 Å². The molecule has 2 aromatic carbocycles. The molecule has 0 aromatic heterocycles. The highest BCUT2D eigenvalue weighted by molar-refractivity contribution is 6.31. The van der Waals surface area contributed by atoms with E-state index in [0.29, 0.717) is 23.7 Å². The second kappa shape index (κ2) is 9.58.